The number of nitrogens with two attached hydrogens (primary N) is 1. The van der Waals surface area contributed by atoms with Gasteiger partial charge >= 0.3 is 6.09 Å². The molecule has 0 bridgehead atoms. The monoisotopic (exact) mass is 234 g/mol. The molecule has 0 aromatic carbocycles. The first-order valence-corrected chi connectivity index (χ1v) is 5.84. The van der Waals surface area contributed by atoms with Crippen LogP contribution < -0.4 is 11.1 Å². The van der Waals surface area contributed by atoms with Gasteiger partial charge in [0.25, 0.3) is 0 Å². The number of alkyl carbamates (subject to hydrolysis) is 1. The summed E-state index contributed by atoms with van der Waals surface area (Å²) >= 11 is 1.38. The lowest BCUT2D eigenvalue weighted by Crippen LogP contribution is -2.36. The van der Waals surface area contributed by atoms with Crippen LogP contribution in [-0.2, 0) is 9.53 Å². The number of amides is 2. The van der Waals surface area contributed by atoms with Gasteiger partial charge in [0.15, 0.2) is 0 Å². The summed E-state index contributed by atoms with van der Waals surface area (Å²) in [4.78, 5) is 22.0. The third kappa shape index (κ3) is 9.55. The Labute approximate surface area is 94.1 Å². The molecule has 3 N–H and O–H groups in total. The summed E-state index contributed by atoms with van der Waals surface area (Å²) in [5.41, 5.74) is 5.42. The number of ether oxygens (including phenoxy) is 1. The summed E-state index contributed by atoms with van der Waals surface area (Å²) in [5, 5.41) is 2.11. The summed E-state index contributed by atoms with van der Waals surface area (Å²) in [6, 6.07) is 0. The topological polar surface area (TPSA) is 81.4 Å². The van der Waals surface area contributed by atoms with Crippen LogP contribution in [-0.4, -0.2) is 35.7 Å². The Morgan fingerprint density at radius 2 is 2.07 bits per heavy atom. The molecule has 0 unspecified atom stereocenters. The van der Waals surface area contributed by atoms with Crippen molar-refractivity contribution < 1.29 is 14.3 Å². The fourth-order valence-corrected chi connectivity index (χ4v) is 1.61. The van der Waals surface area contributed by atoms with Crippen LogP contribution in [0.5, 0.6) is 0 Å². The molecule has 0 aromatic heterocycles. The summed E-state index contributed by atoms with van der Waals surface area (Å²) in [6.45, 7) is 5.68. The summed E-state index contributed by atoms with van der Waals surface area (Å²) in [7, 11) is 0. The Morgan fingerprint density at radius 3 is 2.53 bits per heavy atom. The van der Waals surface area contributed by atoms with Gasteiger partial charge < -0.3 is 10.5 Å². The number of nitrogens with one attached hydrogen (secondary N) is 1. The third-order valence-electron chi connectivity index (χ3n) is 1.22. The van der Waals surface area contributed by atoms with Crippen LogP contribution in [0.1, 0.15) is 20.8 Å². The van der Waals surface area contributed by atoms with E-state index in [9.17, 15) is 9.59 Å². The zero-order valence-electron chi connectivity index (χ0n) is 9.33. The molecular formula is C9H18N2O3S. The van der Waals surface area contributed by atoms with Crippen molar-refractivity contribution in [3.05, 3.63) is 0 Å². The normalized spacial score (nSPS) is 10.9. The standard InChI is InChI=1S/C9H18N2O3S/c1-4-14-8(13)11-7(12)5-15-6-9(2,3)10/h4-6,10H2,1-3H3,(H,11,12,13). The van der Waals surface area contributed by atoms with Crippen molar-refractivity contribution in [1.29, 1.82) is 0 Å². The molecule has 0 atom stereocenters. The van der Waals surface area contributed by atoms with Crippen LogP contribution in [0.4, 0.5) is 4.79 Å². The Morgan fingerprint density at radius 1 is 1.47 bits per heavy atom. The van der Waals surface area contributed by atoms with Crippen molar-refractivity contribution >= 4 is 23.8 Å². The molecule has 0 aliphatic heterocycles. The minimum absolute atomic E-state index is 0.208. The van der Waals surface area contributed by atoms with Crippen LogP contribution in [0.25, 0.3) is 0 Å². The second kappa shape index (κ2) is 6.68. The van der Waals surface area contributed by atoms with Crippen LogP contribution >= 0.6 is 11.8 Å². The van der Waals surface area contributed by atoms with E-state index in [2.05, 4.69) is 10.1 Å². The second-order valence-electron chi connectivity index (χ2n) is 3.75. The van der Waals surface area contributed by atoms with Crippen molar-refractivity contribution in [2.24, 2.45) is 5.73 Å². The minimum atomic E-state index is -0.699. The Balaban J connectivity index is 3.62. The van der Waals surface area contributed by atoms with Gasteiger partial charge in [0, 0.05) is 11.3 Å². The lowest BCUT2D eigenvalue weighted by atomic mass is 10.1. The Hall–Kier alpha value is -0.750. The highest BCUT2D eigenvalue weighted by Gasteiger charge is 2.13. The van der Waals surface area contributed by atoms with Gasteiger partial charge in [-0.3, -0.25) is 10.1 Å². The predicted molar refractivity (Wildman–Crippen MR) is 60.8 cm³/mol. The number of hydrogen-bond donors (Lipinski definition) is 2. The van der Waals surface area contributed by atoms with E-state index in [4.69, 9.17) is 5.73 Å². The number of carbonyl (C=O) groups is 2. The van der Waals surface area contributed by atoms with Crippen LogP contribution in [0, 0.1) is 0 Å². The molecule has 0 saturated heterocycles. The van der Waals surface area contributed by atoms with E-state index in [-0.39, 0.29) is 23.8 Å². The summed E-state index contributed by atoms with van der Waals surface area (Å²) in [6.07, 6.45) is -0.699. The van der Waals surface area contributed by atoms with E-state index < -0.39 is 6.09 Å². The van der Waals surface area contributed by atoms with E-state index in [1.807, 2.05) is 13.8 Å². The van der Waals surface area contributed by atoms with E-state index in [0.717, 1.165) is 0 Å². The maximum atomic E-state index is 11.1. The van der Waals surface area contributed by atoms with Crippen LogP contribution in [0.15, 0.2) is 0 Å². The van der Waals surface area contributed by atoms with Gasteiger partial charge in [-0.15, -0.1) is 0 Å². The molecule has 0 saturated carbocycles. The predicted octanol–water partition coefficient (Wildman–Crippen LogP) is 0.730. The van der Waals surface area contributed by atoms with Gasteiger partial charge in [-0.05, 0) is 20.8 Å². The minimum Gasteiger partial charge on any atom is -0.450 e. The van der Waals surface area contributed by atoms with Crippen LogP contribution in [0.3, 0.4) is 0 Å². The number of imide groups is 1. The third-order valence-corrected chi connectivity index (χ3v) is 2.64. The van der Waals surface area contributed by atoms with Crippen molar-refractivity contribution in [3.8, 4) is 0 Å². The second-order valence-corrected chi connectivity index (χ2v) is 4.74. The molecule has 0 aliphatic carbocycles. The first-order valence-electron chi connectivity index (χ1n) is 4.68. The Kier molecular flexibility index (Phi) is 6.35. The SMILES string of the molecule is CCOC(=O)NC(=O)CSCC(C)(C)N. The molecule has 2 amide bonds. The molecule has 0 rings (SSSR count). The molecule has 0 fully saturated rings. The smallest absolute Gasteiger partial charge is 0.413 e. The van der Waals surface area contributed by atoms with Gasteiger partial charge in [0.05, 0.1) is 12.4 Å². The molecule has 0 radical (unpaired) electrons. The molecule has 0 spiro atoms. The van der Waals surface area contributed by atoms with Gasteiger partial charge in [0.2, 0.25) is 5.91 Å². The molecular weight excluding hydrogens is 216 g/mol. The molecule has 6 heteroatoms. The van der Waals surface area contributed by atoms with Gasteiger partial charge in [-0.25, -0.2) is 4.79 Å². The van der Waals surface area contributed by atoms with E-state index in [1.165, 1.54) is 11.8 Å². The zero-order chi connectivity index (χ0) is 11.9. The molecule has 88 valence electrons. The summed E-state index contributed by atoms with van der Waals surface area (Å²) in [5.74, 6) is 0.505. The van der Waals surface area contributed by atoms with Crippen LogP contribution in [0.2, 0.25) is 0 Å². The van der Waals surface area contributed by atoms with Crippen molar-refractivity contribution in [1.82, 2.24) is 5.32 Å². The lowest BCUT2D eigenvalue weighted by Gasteiger charge is -2.16. The average Bonchev–Trinajstić information content (AvgIpc) is 2.01. The number of thioether (sulfide) groups is 1. The highest BCUT2D eigenvalue weighted by Crippen LogP contribution is 2.08. The molecule has 0 aliphatic rings. The van der Waals surface area contributed by atoms with Crippen molar-refractivity contribution in [2.75, 3.05) is 18.1 Å². The number of carbonyl (C=O) groups excluding carboxylic acids is 2. The van der Waals surface area contributed by atoms with Crippen molar-refractivity contribution in [2.45, 2.75) is 26.3 Å². The summed E-state index contributed by atoms with van der Waals surface area (Å²) < 4.78 is 4.55. The quantitative estimate of drug-likeness (QED) is 0.733. The fraction of sp³-hybridized carbons (Fsp3) is 0.778. The molecule has 0 aromatic rings. The largest absolute Gasteiger partial charge is 0.450 e. The number of hydrogen-bond acceptors (Lipinski definition) is 5. The Bertz CT molecular complexity index is 226. The van der Waals surface area contributed by atoms with Gasteiger partial charge in [0.1, 0.15) is 0 Å². The lowest BCUT2D eigenvalue weighted by molar-refractivity contribution is -0.117. The molecule has 0 heterocycles. The van der Waals surface area contributed by atoms with Crippen molar-refractivity contribution in [3.63, 3.8) is 0 Å². The zero-order valence-corrected chi connectivity index (χ0v) is 10.1. The van der Waals surface area contributed by atoms with E-state index >= 15 is 0 Å². The molecule has 15 heavy (non-hydrogen) atoms. The highest BCUT2D eigenvalue weighted by molar-refractivity contribution is 8.00. The maximum absolute atomic E-state index is 11.1. The number of rotatable bonds is 5. The van der Waals surface area contributed by atoms with Gasteiger partial charge in [-0.1, -0.05) is 0 Å². The average molecular weight is 234 g/mol. The maximum Gasteiger partial charge on any atom is 0.413 e. The highest BCUT2D eigenvalue weighted by atomic mass is 32.2. The van der Waals surface area contributed by atoms with E-state index in [0.29, 0.717) is 5.75 Å². The first-order chi connectivity index (χ1) is 6.85. The first kappa shape index (κ1) is 14.2. The fourth-order valence-electron chi connectivity index (χ4n) is 0.724. The molecule has 5 nitrogen and oxygen atoms in total. The van der Waals surface area contributed by atoms with E-state index in [1.54, 1.807) is 6.92 Å². The van der Waals surface area contributed by atoms with Gasteiger partial charge in [-0.2, -0.15) is 11.8 Å².